The Kier molecular flexibility index (Phi) is 8.35. The number of likely N-dealkylation sites (N-methyl/N-ethyl adjacent to an activating group) is 2. The van der Waals surface area contributed by atoms with Gasteiger partial charge in [0.05, 0.1) is 29.9 Å². The monoisotopic (exact) mass is 547 g/mol. The minimum Gasteiger partial charge on any atom is -0.494 e. The van der Waals surface area contributed by atoms with Crippen LogP contribution in [0.3, 0.4) is 0 Å². The number of carbonyl (C=O) groups excluding carboxylic acids is 1. The van der Waals surface area contributed by atoms with Gasteiger partial charge in [0.25, 0.3) is 0 Å². The van der Waals surface area contributed by atoms with Gasteiger partial charge in [0.15, 0.2) is 0 Å². The highest BCUT2D eigenvalue weighted by atomic mass is 16.7. The number of nitrogens with zero attached hydrogens (tertiary/aromatic N) is 5. The summed E-state index contributed by atoms with van der Waals surface area (Å²) >= 11 is 0. The van der Waals surface area contributed by atoms with Gasteiger partial charge in [-0.2, -0.15) is 0 Å². The molecule has 0 saturated carbocycles. The smallest absolute Gasteiger partial charge is 0.345 e. The molecule has 4 aromatic rings. The lowest BCUT2D eigenvalue weighted by Crippen LogP contribution is -2.48. The van der Waals surface area contributed by atoms with Gasteiger partial charge in [0.2, 0.25) is 11.9 Å². The molecule has 4 rings (SSSR count). The number of methoxy groups -OCH3 is 1. The minimum atomic E-state index is -2.95. The number of benzene rings is 2. The van der Waals surface area contributed by atoms with Crippen LogP contribution >= 0.6 is 0 Å². The average molecular weight is 548 g/mol. The Morgan fingerprint density at radius 3 is 2.60 bits per heavy atom. The van der Waals surface area contributed by atoms with E-state index in [2.05, 4.69) is 22.2 Å². The standard InChI is InChI=1S/C28H33N7O5/c1-6-26(36)30-21-15-22(25(40-5)16-24(21)33(2)13-14-35(4)28(37,38)39)32-27-29-12-11-20(31-27)19-17-34(3)23-10-8-7-9-18(19)23/h6-12,15-17,37-39H,1,13-14H2,2-5H3,(H,30,36)(H,29,31,32). The largest absolute Gasteiger partial charge is 0.494 e. The van der Waals surface area contributed by atoms with Crippen molar-refractivity contribution < 1.29 is 24.9 Å². The summed E-state index contributed by atoms with van der Waals surface area (Å²) in [6, 6.07) is 13.3. The first-order valence-electron chi connectivity index (χ1n) is 12.4. The van der Waals surface area contributed by atoms with Crippen LogP contribution in [0.1, 0.15) is 0 Å². The summed E-state index contributed by atoms with van der Waals surface area (Å²) in [7, 11) is 6.61. The number of hydrogen-bond acceptors (Lipinski definition) is 10. The summed E-state index contributed by atoms with van der Waals surface area (Å²) < 4.78 is 7.69. The molecule has 2 heterocycles. The maximum atomic E-state index is 12.3. The second-order valence-corrected chi connectivity index (χ2v) is 9.27. The summed E-state index contributed by atoms with van der Waals surface area (Å²) in [5.74, 6) is 0.363. The number of rotatable bonds is 11. The van der Waals surface area contributed by atoms with Gasteiger partial charge in [-0.25, -0.2) is 14.9 Å². The summed E-state index contributed by atoms with van der Waals surface area (Å²) in [6.07, 6.45) is 1.90. The van der Waals surface area contributed by atoms with Crippen LogP contribution in [-0.4, -0.2) is 81.1 Å². The molecule has 210 valence electrons. The molecule has 0 atom stereocenters. The van der Waals surface area contributed by atoms with E-state index in [4.69, 9.17) is 9.72 Å². The van der Waals surface area contributed by atoms with Crippen LogP contribution in [0.5, 0.6) is 5.75 Å². The van der Waals surface area contributed by atoms with Crippen LogP contribution in [0, 0.1) is 0 Å². The highest BCUT2D eigenvalue weighted by Crippen LogP contribution is 2.38. The number of hydrogen-bond donors (Lipinski definition) is 5. The zero-order valence-corrected chi connectivity index (χ0v) is 22.8. The Balaban J connectivity index is 1.67. The highest BCUT2D eigenvalue weighted by Gasteiger charge is 2.25. The number of ether oxygens (including phenoxy) is 1. The number of aryl methyl sites for hydroxylation is 1. The third kappa shape index (κ3) is 6.21. The SMILES string of the molecule is C=CC(=O)Nc1cc(Nc2nccc(-c3cn(C)c4ccccc34)n2)c(OC)cc1N(C)CCN(C)C(O)(O)O. The first-order chi connectivity index (χ1) is 19.0. The lowest BCUT2D eigenvalue weighted by Gasteiger charge is -2.30. The highest BCUT2D eigenvalue weighted by molar-refractivity contribution is 6.02. The second-order valence-electron chi connectivity index (χ2n) is 9.27. The molecule has 40 heavy (non-hydrogen) atoms. The molecule has 2 aromatic heterocycles. The molecule has 0 radical (unpaired) electrons. The number of anilines is 4. The molecule has 0 bridgehead atoms. The van der Waals surface area contributed by atoms with Crippen LogP contribution in [0.2, 0.25) is 0 Å². The van der Waals surface area contributed by atoms with Crippen LogP contribution < -0.4 is 20.3 Å². The molecule has 0 aliphatic carbocycles. The van der Waals surface area contributed by atoms with Gasteiger partial charge in [-0.15, -0.1) is 0 Å². The van der Waals surface area contributed by atoms with Crippen molar-refractivity contribution in [3.05, 3.63) is 67.5 Å². The summed E-state index contributed by atoms with van der Waals surface area (Å²) in [4.78, 5) is 24.1. The minimum absolute atomic E-state index is 0.0892. The lowest BCUT2D eigenvalue weighted by atomic mass is 10.1. The first-order valence-corrected chi connectivity index (χ1v) is 12.4. The predicted octanol–water partition coefficient (Wildman–Crippen LogP) is 2.47. The van der Waals surface area contributed by atoms with Crippen LogP contribution in [0.4, 0.5) is 23.0 Å². The van der Waals surface area contributed by atoms with Crippen molar-refractivity contribution in [2.24, 2.45) is 7.05 Å². The molecule has 1 amide bonds. The first kappa shape index (κ1) is 28.5. The molecule has 0 spiro atoms. The fourth-order valence-electron chi connectivity index (χ4n) is 4.24. The molecule has 0 aliphatic heterocycles. The molecule has 0 saturated heterocycles. The van der Waals surface area contributed by atoms with Gasteiger partial charge in [-0.1, -0.05) is 24.8 Å². The van der Waals surface area contributed by atoms with E-state index >= 15 is 0 Å². The fourth-order valence-corrected chi connectivity index (χ4v) is 4.24. The summed E-state index contributed by atoms with van der Waals surface area (Å²) in [5.41, 5.74) is 4.31. The topological polar surface area (TPSA) is 148 Å². The van der Waals surface area contributed by atoms with Crippen LogP contribution in [-0.2, 0) is 11.8 Å². The molecule has 12 nitrogen and oxygen atoms in total. The van der Waals surface area contributed by atoms with E-state index in [9.17, 15) is 20.1 Å². The third-order valence-corrected chi connectivity index (χ3v) is 6.53. The van der Waals surface area contributed by atoms with E-state index in [0.29, 0.717) is 28.8 Å². The molecule has 0 fully saturated rings. The zero-order chi connectivity index (χ0) is 29.0. The number of fused-ring (bicyclic) bond motifs is 1. The van der Waals surface area contributed by atoms with Crippen molar-refractivity contribution in [1.29, 1.82) is 0 Å². The Bertz CT molecular complexity index is 1530. The molecular formula is C28H33N7O5. The molecule has 0 aliphatic rings. The lowest BCUT2D eigenvalue weighted by molar-refractivity contribution is -0.387. The van der Waals surface area contributed by atoms with Crippen molar-refractivity contribution in [2.45, 2.75) is 6.10 Å². The van der Waals surface area contributed by atoms with Crippen molar-refractivity contribution in [3.8, 4) is 17.0 Å². The number of para-hydroxylation sites is 1. The number of aliphatic hydroxyl groups is 3. The molecular weight excluding hydrogens is 514 g/mol. The van der Waals surface area contributed by atoms with Crippen LogP contribution in [0.25, 0.3) is 22.2 Å². The maximum Gasteiger partial charge on any atom is 0.345 e. The summed E-state index contributed by atoms with van der Waals surface area (Å²) in [6.45, 7) is 3.88. The zero-order valence-electron chi connectivity index (χ0n) is 22.8. The molecule has 2 aromatic carbocycles. The van der Waals surface area contributed by atoms with Gasteiger partial charge in [0.1, 0.15) is 5.75 Å². The number of nitrogens with one attached hydrogen (secondary N) is 2. The Hall–Kier alpha value is -4.49. The quantitative estimate of drug-likeness (QED) is 0.140. The van der Waals surface area contributed by atoms with E-state index in [1.165, 1.54) is 14.2 Å². The van der Waals surface area contributed by atoms with Gasteiger partial charge in [-0.3, -0.25) is 4.79 Å². The van der Waals surface area contributed by atoms with Crippen molar-refractivity contribution >= 4 is 39.8 Å². The normalized spacial score (nSPS) is 11.5. The Labute approximate surface area is 231 Å². The van der Waals surface area contributed by atoms with E-state index in [1.54, 1.807) is 30.3 Å². The molecule has 5 N–H and O–H groups in total. The van der Waals surface area contributed by atoms with E-state index in [-0.39, 0.29) is 13.1 Å². The van der Waals surface area contributed by atoms with E-state index in [0.717, 1.165) is 33.1 Å². The van der Waals surface area contributed by atoms with Crippen molar-refractivity contribution in [2.75, 3.05) is 49.8 Å². The molecule has 12 heteroatoms. The maximum absolute atomic E-state index is 12.3. The predicted molar refractivity (Wildman–Crippen MR) is 154 cm³/mol. The number of carbonyl (C=O) groups is 1. The number of amides is 1. The van der Waals surface area contributed by atoms with E-state index in [1.807, 2.05) is 48.1 Å². The van der Waals surface area contributed by atoms with Crippen LogP contribution in [0.15, 0.2) is 67.5 Å². The van der Waals surface area contributed by atoms with Crippen molar-refractivity contribution in [3.63, 3.8) is 0 Å². The third-order valence-electron chi connectivity index (χ3n) is 6.53. The van der Waals surface area contributed by atoms with Gasteiger partial charge in [0, 0.05) is 62.1 Å². The van der Waals surface area contributed by atoms with Gasteiger partial charge >= 0.3 is 6.10 Å². The van der Waals surface area contributed by atoms with Gasteiger partial charge < -0.3 is 40.2 Å². The second kappa shape index (κ2) is 11.7. The number of aromatic nitrogens is 3. The average Bonchev–Trinajstić information content (AvgIpc) is 3.27. The Morgan fingerprint density at radius 1 is 1.15 bits per heavy atom. The van der Waals surface area contributed by atoms with Gasteiger partial charge in [-0.05, 0) is 31.3 Å². The summed E-state index contributed by atoms with van der Waals surface area (Å²) in [5, 5.41) is 35.2. The fraction of sp³-hybridized carbons (Fsp3) is 0.250. The Morgan fingerprint density at radius 2 is 1.90 bits per heavy atom. The molecule has 0 unspecified atom stereocenters. The van der Waals surface area contributed by atoms with Crippen molar-refractivity contribution in [1.82, 2.24) is 19.4 Å². The van der Waals surface area contributed by atoms with E-state index < -0.39 is 12.0 Å².